The average Bonchev–Trinajstić information content (AvgIpc) is 3.60. The van der Waals surface area contributed by atoms with Crippen LogP contribution in [0, 0.1) is 5.82 Å². The maximum atomic E-state index is 14.6. The van der Waals surface area contributed by atoms with Gasteiger partial charge >= 0.3 is 0 Å². The van der Waals surface area contributed by atoms with Crippen LogP contribution in [0.3, 0.4) is 0 Å². The fourth-order valence-corrected chi connectivity index (χ4v) is 4.77. The lowest BCUT2D eigenvalue weighted by Gasteiger charge is -2.12. The number of fused-ring (bicyclic) bond motifs is 2. The number of likely N-dealkylation sites (N-methyl/N-ethyl adjacent to an activating group) is 2. The van der Waals surface area contributed by atoms with E-state index in [4.69, 9.17) is 14.5 Å². The summed E-state index contributed by atoms with van der Waals surface area (Å²) in [7, 11) is 7.96. The fraction of sp³-hybridized carbons (Fsp3) is 0.250. The van der Waals surface area contributed by atoms with Crippen LogP contribution in [0.1, 0.15) is 0 Å². The van der Waals surface area contributed by atoms with Gasteiger partial charge in [-0.1, -0.05) is 12.1 Å². The van der Waals surface area contributed by atoms with E-state index in [-0.39, 0.29) is 5.82 Å². The lowest BCUT2D eigenvalue weighted by molar-refractivity contribution is 0.260. The molecule has 220 valence electrons. The van der Waals surface area contributed by atoms with Crippen molar-refractivity contribution in [3.8, 4) is 45.3 Å². The van der Waals surface area contributed by atoms with Crippen LogP contribution in [0.15, 0.2) is 67.0 Å². The van der Waals surface area contributed by atoms with Crippen LogP contribution in [0.5, 0.6) is 11.5 Å². The van der Waals surface area contributed by atoms with E-state index < -0.39 is 0 Å². The number of nitrogens with one attached hydrogen (secondary N) is 2. The van der Waals surface area contributed by atoms with E-state index in [2.05, 4.69) is 30.0 Å². The molecular formula is C32H33FN8O2. The van der Waals surface area contributed by atoms with Gasteiger partial charge in [0.1, 0.15) is 36.2 Å². The minimum Gasteiger partial charge on any atom is -0.492 e. The number of hydrogen-bond acceptors (Lipinski definition) is 8. The van der Waals surface area contributed by atoms with Gasteiger partial charge < -0.3 is 24.3 Å². The molecule has 4 aromatic heterocycles. The van der Waals surface area contributed by atoms with Gasteiger partial charge in [-0.15, -0.1) is 0 Å². The van der Waals surface area contributed by atoms with E-state index in [9.17, 15) is 4.39 Å². The number of benzene rings is 2. The van der Waals surface area contributed by atoms with Crippen LogP contribution in [-0.2, 0) is 0 Å². The first-order valence-electron chi connectivity index (χ1n) is 14.0. The zero-order valence-corrected chi connectivity index (χ0v) is 24.6. The first-order valence-corrected chi connectivity index (χ1v) is 14.0. The van der Waals surface area contributed by atoms with Crippen molar-refractivity contribution >= 4 is 22.2 Å². The second-order valence-electron chi connectivity index (χ2n) is 10.8. The summed E-state index contributed by atoms with van der Waals surface area (Å²) in [5.41, 5.74) is 5.74. The maximum absolute atomic E-state index is 14.6. The van der Waals surface area contributed by atoms with Crippen molar-refractivity contribution in [1.29, 1.82) is 0 Å². The van der Waals surface area contributed by atoms with E-state index in [0.29, 0.717) is 52.9 Å². The smallest absolute Gasteiger partial charge is 0.181 e. The number of aromatic nitrogens is 6. The molecule has 0 aliphatic carbocycles. The van der Waals surface area contributed by atoms with Gasteiger partial charge in [-0.2, -0.15) is 5.10 Å². The largest absolute Gasteiger partial charge is 0.492 e. The monoisotopic (exact) mass is 580 g/mol. The van der Waals surface area contributed by atoms with Crippen molar-refractivity contribution in [2.45, 2.75) is 0 Å². The molecule has 0 spiro atoms. The first-order chi connectivity index (χ1) is 20.8. The topological polar surface area (TPSA) is 108 Å². The highest BCUT2D eigenvalue weighted by molar-refractivity contribution is 5.96. The number of imidazole rings is 1. The highest BCUT2D eigenvalue weighted by Gasteiger charge is 2.17. The Morgan fingerprint density at radius 3 is 2.35 bits per heavy atom. The van der Waals surface area contributed by atoms with Crippen molar-refractivity contribution < 1.29 is 13.9 Å². The summed E-state index contributed by atoms with van der Waals surface area (Å²) in [4.78, 5) is 21.3. The van der Waals surface area contributed by atoms with Crippen molar-refractivity contribution in [3.05, 3.63) is 72.8 Å². The molecule has 0 fully saturated rings. The Labute approximate surface area is 248 Å². The summed E-state index contributed by atoms with van der Waals surface area (Å²) >= 11 is 0. The zero-order chi connectivity index (χ0) is 29.9. The molecule has 2 aromatic carbocycles. The van der Waals surface area contributed by atoms with Crippen molar-refractivity contribution in [2.24, 2.45) is 0 Å². The highest BCUT2D eigenvalue weighted by atomic mass is 19.1. The minimum atomic E-state index is -0.382. The van der Waals surface area contributed by atoms with Crippen molar-refractivity contribution in [1.82, 2.24) is 39.9 Å². The third-order valence-corrected chi connectivity index (χ3v) is 7.00. The summed E-state index contributed by atoms with van der Waals surface area (Å²) in [5.74, 6) is 1.43. The first kappa shape index (κ1) is 28.3. The number of H-pyrrole nitrogens is 2. The molecule has 10 nitrogen and oxygen atoms in total. The van der Waals surface area contributed by atoms with Gasteiger partial charge in [0.2, 0.25) is 0 Å². The van der Waals surface area contributed by atoms with E-state index in [1.807, 2.05) is 75.6 Å². The molecule has 0 aliphatic heterocycles. The number of halogens is 1. The van der Waals surface area contributed by atoms with Gasteiger partial charge in [-0.05, 0) is 75.7 Å². The molecule has 0 aliphatic rings. The van der Waals surface area contributed by atoms with Gasteiger partial charge in [0.25, 0.3) is 0 Å². The fourth-order valence-electron chi connectivity index (χ4n) is 4.77. The molecule has 0 radical (unpaired) electrons. The molecular weight excluding hydrogens is 547 g/mol. The van der Waals surface area contributed by atoms with Crippen LogP contribution in [0.4, 0.5) is 4.39 Å². The molecule has 0 saturated heterocycles. The Morgan fingerprint density at radius 2 is 1.56 bits per heavy atom. The molecule has 0 unspecified atom stereocenters. The molecule has 0 amide bonds. The quantitative estimate of drug-likeness (QED) is 0.214. The van der Waals surface area contributed by atoms with E-state index in [1.165, 1.54) is 12.1 Å². The molecule has 0 bridgehead atoms. The van der Waals surface area contributed by atoms with Crippen LogP contribution >= 0.6 is 0 Å². The molecule has 4 heterocycles. The second-order valence-corrected chi connectivity index (χ2v) is 10.8. The molecule has 6 rings (SSSR count). The molecule has 0 atom stereocenters. The Morgan fingerprint density at radius 1 is 0.791 bits per heavy atom. The number of aromatic amines is 2. The third kappa shape index (κ3) is 6.32. The van der Waals surface area contributed by atoms with Gasteiger partial charge in [0.05, 0.1) is 10.9 Å². The van der Waals surface area contributed by atoms with Crippen LogP contribution in [-0.4, -0.2) is 94.4 Å². The lowest BCUT2D eigenvalue weighted by atomic mass is 10.1. The Balaban J connectivity index is 1.33. The van der Waals surface area contributed by atoms with Gasteiger partial charge in [-0.3, -0.25) is 5.10 Å². The number of hydrogen-bond donors (Lipinski definition) is 2. The summed E-state index contributed by atoms with van der Waals surface area (Å²) in [6.45, 7) is 2.60. The average molecular weight is 581 g/mol. The van der Waals surface area contributed by atoms with Crippen molar-refractivity contribution in [3.63, 3.8) is 0 Å². The predicted octanol–water partition coefficient (Wildman–Crippen LogP) is 5.25. The number of rotatable bonds is 11. The van der Waals surface area contributed by atoms with Crippen LogP contribution in [0.25, 0.3) is 56.0 Å². The summed E-state index contributed by atoms with van der Waals surface area (Å²) in [6, 6.07) is 16.5. The Bertz CT molecular complexity index is 1880. The van der Waals surface area contributed by atoms with Crippen LogP contribution < -0.4 is 9.47 Å². The molecule has 6 aromatic rings. The summed E-state index contributed by atoms with van der Waals surface area (Å²) < 4.78 is 26.4. The Hall–Kier alpha value is -4.87. The van der Waals surface area contributed by atoms with E-state index >= 15 is 0 Å². The molecule has 0 saturated carbocycles. The van der Waals surface area contributed by atoms with E-state index in [0.717, 1.165) is 40.9 Å². The number of nitrogens with zero attached hydrogens (tertiary/aromatic N) is 6. The lowest BCUT2D eigenvalue weighted by Crippen LogP contribution is -2.19. The normalized spacial score (nSPS) is 11.7. The zero-order valence-electron chi connectivity index (χ0n) is 24.6. The SMILES string of the molecule is CN(C)CCOc1cccc(-c2cnc3n[nH]c(-c4nc5nccc(-c6cc(F)cc(OCCN(C)C)c6)c5[nH]4)c3c2)c1. The highest BCUT2D eigenvalue weighted by Crippen LogP contribution is 2.34. The number of ether oxygens (including phenoxy) is 2. The molecule has 11 heteroatoms. The van der Waals surface area contributed by atoms with Crippen LogP contribution in [0.2, 0.25) is 0 Å². The molecule has 2 N–H and O–H groups in total. The standard InChI is InChI=1S/C32H33FN8O2/c1-40(2)10-12-42-24-7-5-6-20(15-24)22-17-27-29(38-39-30(27)35-19-22)32-36-28-26(8-9-34-31(28)37-32)21-14-23(33)18-25(16-21)43-13-11-41(3)4/h5-9,14-19H,10-13H2,1-4H3,(H,34,36,37)(H,35,38,39). The summed E-state index contributed by atoms with van der Waals surface area (Å²) in [5, 5.41) is 8.29. The number of pyridine rings is 2. The second kappa shape index (κ2) is 12.2. The predicted molar refractivity (Wildman–Crippen MR) is 166 cm³/mol. The van der Waals surface area contributed by atoms with Gasteiger partial charge in [-0.25, -0.2) is 19.3 Å². The van der Waals surface area contributed by atoms with Crippen molar-refractivity contribution in [2.75, 3.05) is 54.5 Å². The summed E-state index contributed by atoms with van der Waals surface area (Å²) in [6.07, 6.45) is 3.46. The van der Waals surface area contributed by atoms with Gasteiger partial charge in [0.15, 0.2) is 17.1 Å². The maximum Gasteiger partial charge on any atom is 0.181 e. The molecule has 43 heavy (non-hydrogen) atoms. The third-order valence-electron chi connectivity index (χ3n) is 7.00. The van der Waals surface area contributed by atoms with Gasteiger partial charge in [0, 0.05) is 42.7 Å². The Kier molecular flexibility index (Phi) is 7.99. The van der Waals surface area contributed by atoms with E-state index in [1.54, 1.807) is 12.4 Å². The minimum absolute atomic E-state index is 0.382.